The third-order valence-electron chi connectivity index (χ3n) is 7.82. The predicted molar refractivity (Wildman–Crippen MR) is 160 cm³/mol. The largest absolute Gasteiger partial charge is 0.491 e. The molecule has 2 bridgehead atoms. The lowest BCUT2D eigenvalue weighted by Gasteiger charge is -2.22. The summed E-state index contributed by atoms with van der Waals surface area (Å²) in [6, 6.07) is 16.2. The van der Waals surface area contributed by atoms with Crippen LogP contribution in [0.3, 0.4) is 0 Å². The Hall–Kier alpha value is -4.70. The molecule has 10 heteroatoms. The highest BCUT2D eigenvalue weighted by Gasteiger charge is 2.23. The number of fused-ring (bicyclic) bond motifs is 3. The van der Waals surface area contributed by atoms with Gasteiger partial charge in [-0.3, -0.25) is 9.48 Å². The third-order valence-corrected chi connectivity index (χ3v) is 7.82. The highest BCUT2D eigenvalue weighted by Crippen LogP contribution is 2.32. The Balaban J connectivity index is 1.27. The van der Waals surface area contributed by atoms with Crippen LogP contribution < -0.4 is 4.74 Å². The Labute approximate surface area is 250 Å². The topological polar surface area (TPSA) is 109 Å². The summed E-state index contributed by atoms with van der Waals surface area (Å²) in [6.07, 6.45) is 2.41. The van der Waals surface area contributed by atoms with Crippen molar-refractivity contribution in [2.24, 2.45) is 0 Å². The molecule has 43 heavy (non-hydrogen) atoms. The van der Waals surface area contributed by atoms with E-state index in [0.29, 0.717) is 45.0 Å². The number of benzene rings is 2. The summed E-state index contributed by atoms with van der Waals surface area (Å²) in [5, 5.41) is 12.7. The highest BCUT2D eigenvalue weighted by molar-refractivity contribution is 5.92. The molecule has 222 valence electrons. The minimum Gasteiger partial charge on any atom is -0.491 e. The van der Waals surface area contributed by atoms with E-state index in [2.05, 4.69) is 33.6 Å². The molecular formula is C33H35N5O5. The molecule has 1 amide bonds. The first-order chi connectivity index (χ1) is 20.9. The molecule has 0 atom stereocenters. The van der Waals surface area contributed by atoms with Gasteiger partial charge in [0.25, 0.3) is 5.91 Å². The van der Waals surface area contributed by atoms with Gasteiger partial charge in [-0.2, -0.15) is 5.10 Å². The first-order valence-corrected chi connectivity index (χ1v) is 14.5. The molecule has 0 aliphatic carbocycles. The molecule has 3 aromatic heterocycles. The summed E-state index contributed by atoms with van der Waals surface area (Å²) in [4.78, 5) is 15.4. The molecule has 6 rings (SSSR count). The second kappa shape index (κ2) is 12.3. The van der Waals surface area contributed by atoms with Gasteiger partial charge in [-0.15, -0.1) is 0 Å². The van der Waals surface area contributed by atoms with Gasteiger partial charge < -0.3 is 23.4 Å². The van der Waals surface area contributed by atoms with E-state index in [4.69, 9.17) is 18.5 Å². The van der Waals surface area contributed by atoms with Crippen molar-refractivity contribution in [2.45, 2.75) is 47.2 Å². The highest BCUT2D eigenvalue weighted by atomic mass is 16.5. The van der Waals surface area contributed by atoms with Gasteiger partial charge in [-0.1, -0.05) is 40.6 Å². The second-order valence-corrected chi connectivity index (χ2v) is 10.7. The molecule has 0 N–H and O–H groups in total. The second-order valence-electron chi connectivity index (χ2n) is 10.7. The molecule has 1 aliphatic rings. The van der Waals surface area contributed by atoms with E-state index in [1.54, 1.807) is 17.2 Å². The van der Waals surface area contributed by atoms with Gasteiger partial charge in [0.15, 0.2) is 0 Å². The molecule has 0 spiro atoms. The zero-order chi connectivity index (χ0) is 29.9. The van der Waals surface area contributed by atoms with Crippen molar-refractivity contribution < 1.29 is 23.3 Å². The number of hydrogen-bond donors (Lipinski definition) is 0. The molecule has 5 aromatic rings. The Morgan fingerprint density at radius 3 is 2.60 bits per heavy atom. The van der Waals surface area contributed by atoms with Gasteiger partial charge >= 0.3 is 0 Å². The van der Waals surface area contributed by atoms with Gasteiger partial charge in [0, 0.05) is 48.9 Å². The van der Waals surface area contributed by atoms with E-state index >= 15 is 0 Å². The quantitative estimate of drug-likeness (QED) is 0.263. The molecule has 1 aliphatic heterocycles. The number of carbonyl (C=O) groups is 1. The standard InChI is InChI=1S/C33H35N5O5/c1-5-38-22(3)28(19-34-38)29-18-31(43-36-29)33(39)37-11-12-40-13-14-41-30-10-9-26(32-21(2)35-42-23(32)4)17-27(30)16-24-7-6-8-25(15-24)20-37/h6-10,15,17-19H,5,11-14,16,20H2,1-4H3. The zero-order valence-electron chi connectivity index (χ0n) is 24.9. The maximum absolute atomic E-state index is 13.7. The van der Waals surface area contributed by atoms with Crippen LogP contribution in [0.5, 0.6) is 5.75 Å². The SMILES string of the molecule is CCn1ncc(-c2cc(C(=O)N3CCOCCOc4ccc(-c5c(C)noc5C)cc4Cc4cccc(c4)C3)on2)c1C. The number of ether oxygens (including phenoxy) is 2. The Kier molecular flexibility index (Phi) is 8.11. The fourth-order valence-electron chi connectivity index (χ4n) is 5.60. The summed E-state index contributed by atoms with van der Waals surface area (Å²) in [5.41, 5.74) is 8.47. The fourth-order valence-corrected chi connectivity index (χ4v) is 5.60. The average Bonchev–Trinajstić information content (AvgIpc) is 3.72. The predicted octanol–water partition coefficient (Wildman–Crippen LogP) is 5.78. The van der Waals surface area contributed by atoms with Crippen LogP contribution in [-0.4, -0.2) is 57.3 Å². The first kappa shape index (κ1) is 28.4. The van der Waals surface area contributed by atoms with Crippen LogP contribution in [0.15, 0.2) is 63.8 Å². The van der Waals surface area contributed by atoms with E-state index in [1.807, 2.05) is 56.6 Å². The van der Waals surface area contributed by atoms with Gasteiger partial charge in [0.1, 0.15) is 23.8 Å². The molecule has 0 saturated carbocycles. The van der Waals surface area contributed by atoms with Crippen LogP contribution in [0.4, 0.5) is 0 Å². The van der Waals surface area contributed by atoms with Gasteiger partial charge in [-0.05, 0) is 62.1 Å². The molecule has 0 radical (unpaired) electrons. The monoisotopic (exact) mass is 581 g/mol. The molecular weight excluding hydrogens is 546 g/mol. The first-order valence-electron chi connectivity index (χ1n) is 14.5. The number of aryl methyl sites for hydroxylation is 3. The number of carbonyl (C=O) groups excluding carboxylic acids is 1. The Bertz CT molecular complexity index is 1730. The van der Waals surface area contributed by atoms with E-state index in [-0.39, 0.29) is 11.7 Å². The molecule has 0 saturated heterocycles. The van der Waals surface area contributed by atoms with Crippen molar-refractivity contribution in [3.8, 4) is 28.1 Å². The summed E-state index contributed by atoms with van der Waals surface area (Å²) in [7, 11) is 0. The summed E-state index contributed by atoms with van der Waals surface area (Å²) >= 11 is 0. The lowest BCUT2D eigenvalue weighted by atomic mass is 9.96. The van der Waals surface area contributed by atoms with Gasteiger partial charge in [0.05, 0.1) is 25.1 Å². The van der Waals surface area contributed by atoms with Crippen molar-refractivity contribution in [2.75, 3.05) is 26.4 Å². The number of amides is 1. The molecule has 0 unspecified atom stereocenters. The van der Waals surface area contributed by atoms with Gasteiger partial charge in [0.2, 0.25) is 5.76 Å². The van der Waals surface area contributed by atoms with Crippen LogP contribution in [0, 0.1) is 20.8 Å². The Morgan fingerprint density at radius 1 is 0.953 bits per heavy atom. The molecule has 10 nitrogen and oxygen atoms in total. The van der Waals surface area contributed by atoms with E-state index in [1.165, 1.54) is 0 Å². The minimum absolute atomic E-state index is 0.181. The normalized spacial score (nSPS) is 14.2. The lowest BCUT2D eigenvalue weighted by molar-refractivity contribution is 0.0540. The molecule has 0 fully saturated rings. The lowest BCUT2D eigenvalue weighted by Crippen LogP contribution is -2.33. The fraction of sp³-hybridized carbons (Fsp3) is 0.333. The van der Waals surface area contributed by atoms with Crippen LogP contribution in [0.25, 0.3) is 22.4 Å². The number of hydrogen-bond acceptors (Lipinski definition) is 8. The van der Waals surface area contributed by atoms with Gasteiger partial charge in [-0.25, -0.2) is 0 Å². The number of nitrogens with zero attached hydrogens (tertiary/aromatic N) is 5. The van der Waals surface area contributed by atoms with E-state index < -0.39 is 0 Å². The van der Waals surface area contributed by atoms with Crippen LogP contribution in [0.2, 0.25) is 0 Å². The maximum atomic E-state index is 13.7. The average molecular weight is 582 g/mol. The van der Waals surface area contributed by atoms with Crippen molar-refractivity contribution >= 4 is 5.91 Å². The van der Waals surface area contributed by atoms with Crippen LogP contribution in [-0.2, 0) is 24.2 Å². The van der Waals surface area contributed by atoms with Crippen molar-refractivity contribution in [1.29, 1.82) is 0 Å². The van der Waals surface area contributed by atoms with Crippen LogP contribution in [0.1, 0.15) is 51.3 Å². The summed E-state index contributed by atoms with van der Waals surface area (Å²) < 4.78 is 24.9. The maximum Gasteiger partial charge on any atom is 0.292 e. The zero-order valence-corrected chi connectivity index (χ0v) is 24.9. The Morgan fingerprint density at radius 2 is 1.81 bits per heavy atom. The smallest absolute Gasteiger partial charge is 0.292 e. The number of aromatic nitrogens is 4. The minimum atomic E-state index is -0.244. The van der Waals surface area contributed by atoms with E-state index in [0.717, 1.165) is 62.8 Å². The van der Waals surface area contributed by atoms with Crippen molar-refractivity contribution in [1.82, 2.24) is 25.0 Å². The van der Waals surface area contributed by atoms with E-state index in [9.17, 15) is 4.79 Å². The summed E-state index contributed by atoms with van der Waals surface area (Å²) in [6.45, 7) is 10.6. The van der Waals surface area contributed by atoms with Crippen LogP contribution >= 0.6 is 0 Å². The number of rotatable bonds is 4. The third kappa shape index (κ3) is 5.96. The van der Waals surface area contributed by atoms with Crippen molar-refractivity contribution in [3.63, 3.8) is 0 Å². The summed E-state index contributed by atoms with van der Waals surface area (Å²) in [5.74, 6) is 1.54. The molecule has 4 heterocycles. The molecule has 2 aromatic carbocycles. The van der Waals surface area contributed by atoms with Crippen molar-refractivity contribution in [3.05, 3.63) is 94.3 Å².